The maximum atomic E-state index is 13.8. The van der Waals surface area contributed by atoms with Gasteiger partial charge in [0, 0.05) is 6.07 Å². The van der Waals surface area contributed by atoms with Crippen LogP contribution < -0.4 is 5.32 Å². The number of carbonyl (C=O) groups is 2. The number of rotatable bonds is 3. The number of halogens is 5. The largest absolute Gasteiger partial charge is 0.465 e. The molecule has 0 radical (unpaired) electrons. The van der Waals surface area contributed by atoms with Crippen LogP contribution in [0.4, 0.5) is 18.9 Å². The van der Waals surface area contributed by atoms with Crippen molar-refractivity contribution in [3.63, 3.8) is 0 Å². The fraction of sp³-hybridized carbons (Fsp3) is 0.0667. The number of ether oxygens (including phenoxy) is 1. The van der Waals surface area contributed by atoms with E-state index in [4.69, 9.17) is 23.2 Å². The Morgan fingerprint density at radius 3 is 2.21 bits per heavy atom. The standard InChI is InChI=1S/C15H8Cl2F3NO3/c1-24-15(23)7-3-13(12(20)5-10(7)18)21-14(22)6-2-11(19)9(17)4-8(6)16/h2-5H,1H3,(H,21,22). The Balaban J connectivity index is 2.39. The lowest BCUT2D eigenvalue weighted by Crippen LogP contribution is -2.15. The third-order valence-electron chi connectivity index (χ3n) is 2.96. The third kappa shape index (κ3) is 3.63. The fourth-order valence-corrected chi connectivity index (χ4v) is 2.27. The molecule has 4 nitrogen and oxygen atoms in total. The van der Waals surface area contributed by atoms with Gasteiger partial charge in [0.1, 0.15) is 17.5 Å². The predicted molar refractivity (Wildman–Crippen MR) is 82.1 cm³/mol. The van der Waals surface area contributed by atoms with Crippen molar-refractivity contribution in [1.82, 2.24) is 0 Å². The summed E-state index contributed by atoms with van der Waals surface area (Å²) >= 11 is 11.3. The molecule has 0 aromatic heterocycles. The number of hydrogen-bond acceptors (Lipinski definition) is 3. The number of hydrogen-bond donors (Lipinski definition) is 1. The van der Waals surface area contributed by atoms with E-state index < -0.39 is 40.6 Å². The first-order chi connectivity index (χ1) is 11.2. The number of esters is 1. The Hall–Kier alpha value is -2.25. The molecular weight excluding hydrogens is 370 g/mol. The van der Waals surface area contributed by atoms with Gasteiger partial charge >= 0.3 is 5.97 Å². The second kappa shape index (κ2) is 7.11. The predicted octanol–water partition coefficient (Wildman–Crippen LogP) is 4.45. The van der Waals surface area contributed by atoms with Crippen LogP contribution in [0.3, 0.4) is 0 Å². The zero-order valence-corrected chi connectivity index (χ0v) is 13.4. The molecule has 2 aromatic carbocycles. The van der Waals surface area contributed by atoms with Crippen LogP contribution in [0.15, 0.2) is 24.3 Å². The summed E-state index contributed by atoms with van der Waals surface area (Å²) in [6.45, 7) is 0. The summed E-state index contributed by atoms with van der Waals surface area (Å²) in [6, 6.07) is 2.94. The Bertz CT molecular complexity index is 843. The number of amides is 1. The number of benzene rings is 2. The molecule has 9 heteroatoms. The minimum atomic E-state index is -1.16. The minimum Gasteiger partial charge on any atom is -0.465 e. The summed E-state index contributed by atoms with van der Waals surface area (Å²) in [5, 5.41) is 1.61. The van der Waals surface area contributed by atoms with E-state index in [2.05, 4.69) is 10.1 Å². The maximum absolute atomic E-state index is 13.8. The number of anilines is 1. The lowest BCUT2D eigenvalue weighted by Gasteiger charge is -2.10. The van der Waals surface area contributed by atoms with Crippen molar-refractivity contribution in [2.75, 3.05) is 12.4 Å². The van der Waals surface area contributed by atoms with Gasteiger partial charge in [-0.15, -0.1) is 0 Å². The van der Waals surface area contributed by atoms with Gasteiger partial charge < -0.3 is 10.1 Å². The molecule has 0 unspecified atom stereocenters. The van der Waals surface area contributed by atoms with Crippen molar-refractivity contribution in [1.29, 1.82) is 0 Å². The van der Waals surface area contributed by atoms with Crippen LogP contribution >= 0.6 is 23.2 Å². The summed E-state index contributed by atoms with van der Waals surface area (Å²) in [7, 11) is 1.01. The maximum Gasteiger partial charge on any atom is 0.340 e. The van der Waals surface area contributed by atoms with E-state index in [1.54, 1.807) is 0 Å². The molecule has 2 rings (SSSR count). The second-order valence-electron chi connectivity index (χ2n) is 4.50. The van der Waals surface area contributed by atoms with E-state index in [1.807, 2.05) is 0 Å². The molecule has 0 aliphatic carbocycles. The van der Waals surface area contributed by atoms with Gasteiger partial charge in [-0.05, 0) is 18.2 Å². The summed E-state index contributed by atoms with van der Waals surface area (Å²) < 4.78 is 45.1. The molecule has 24 heavy (non-hydrogen) atoms. The average molecular weight is 378 g/mol. The Morgan fingerprint density at radius 2 is 1.58 bits per heavy atom. The number of carbonyl (C=O) groups excluding carboxylic acids is 2. The zero-order chi connectivity index (χ0) is 18.0. The molecule has 0 saturated heterocycles. The number of methoxy groups -OCH3 is 1. The van der Waals surface area contributed by atoms with Gasteiger partial charge in [0.2, 0.25) is 0 Å². The normalized spacial score (nSPS) is 10.4. The van der Waals surface area contributed by atoms with Crippen molar-refractivity contribution >= 4 is 40.8 Å². The molecule has 0 fully saturated rings. The molecule has 0 bridgehead atoms. The summed E-state index contributed by atoms with van der Waals surface area (Å²) in [6.07, 6.45) is 0. The molecule has 0 atom stereocenters. The van der Waals surface area contributed by atoms with E-state index in [-0.39, 0.29) is 15.6 Å². The van der Waals surface area contributed by atoms with E-state index in [9.17, 15) is 22.8 Å². The van der Waals surface area contributed by atoms with E-state index in [1.165, 1.54) is 0 Å². The van der Waals surface area contributed by atoms with Crippen LogP contribution in [0.2, 0.25) is 10.0 Å². The summed E-state index contributed by atoms with van der Waals surface area (Å²) in [4.78, 5) is 23.5. The molecule has 1 N–H and O–H groups in total. The molecule has 0 aliphatic rings. The minimum absolute atomic E-state index is 0.172. The third-order valence-corrected chi connectivity index (χ3v) is 3.57. The van der Waals surface area contributed by atoms with Gasteiger partial charge in [-0.2, -0.15) is 0 Å². The lowest BCUT2D eigenvalue weighted by molar-refractivity contribution is 0.0595. The van der Waals surface area contributed by atoms with Crippen molar-refractivity contribution in [2.24, 2.45) is 0 Å². The van der Waals surface area contributed by atoms with Crippen LogP contribution in [-0.2, 0) is 4.74 Å². The average Bonchev–Trinajstić information content (AvgIpc) is 2.52. The molecule has 0 heterocycles. The lowest BCUT2D eigenvalue weighted by atomic mass is 10.1. The van der Waals surface area contributed by atoms with Crippen molar-refractivity contribution in [3.8, 4) is 0 Å². The second-order valence-corrected chi connectivity index (χ2v) is 5.32. The van der Waals surface area contributed by atoms with Gasteiger partial charge in [-0.1, -0.05) is 23.2 Å². The van der Waals surface area contributed by atoms with Crippen molar-refractivity contribution < 1.29 is 27.5 Å². The highest BCUT2D eigenvalue weighted by atomic mass is 35.5. The van der Waals surface area contributed by atoms with Gasteiger partial charge in [-0.25, -0.2) is 18.0 Å². The van der Waals surface area contributed by atoms with Crippen molar-refractivity contribution in [2.45, 2.75) is 0 Å². The van der Waals surface area contributed by atoms with Gasteiger partial charge in [0.05, 0.1) is 34.0 Å². The first-order valence-electron chi connectivity index (χ1n) is 6.27. The highest BCUT2D eigenvalue weighted by molar-refractivity contribution is 6.37. The Labute approximate surface area is 144 Å². The molecule has 2 aromatic rings. The fourth-order valence-electron chi connectivity index (χ4n) is 1.80. The van der Waals surface area contributed by atoms with Crippen LogP contribution in [-0.4, -0.2) is 19.0 Å². The highest BCUT2D eigenvalue weighted by Gasteiger charge is 2.20. The first kappa shape index (κ1) is 18.1. The highest BCUT2D eigenvalue weighted by Crippen LogP contribution is 2.26. The van der Waals surface area contributed by atoms with Crippen LogP contribution in [0, 0.1) is 17.5 Å². The first-order valence-corrected chi connectivity index (χ1v) is 7.03. The van der Waals surface area contributed by atoms with Gasteiger partial charge in [-0.3, -0.25) is 4.79 Å². The van der Waals surface area contributed by atoms with Gasteiger partial charge in [0.15, 0.2) is 0 Å². The van der Waals surface area contributed by atoms with Crippen LogP contribution in [0.5, 0.6) is 0 Å². The topological polar surface area (TPSA) is 55.4 Å². The van der Waals surface area contributed by atoms with Crippen LogP contribution in [0.1, 0.15) is 20.7 Å². The summed E-state index contributed by atoms with van der Waals surface area (Å²) in [5.74, 6) is -5.23. The monoisotopic (exact) mass is 377 g/mol. The molecule has 126 valence electrons. The Kier molecular flexibility index (Phi) is 5.36. The zero-order valence-electron chi connectivity index (χ0n) is 11.9. The molecule has 0 aliphatic heterocycles. The van der Waals surface area contributed by atoms with Crippen LogP contribution in [0.25, 0.3) is 0 Å². The molecule has 0 spiro atoms. The quantitative estimate of drug-likeness (QED) is 0.634. The van der Waals surface area contributed by atoms with E-state index >= 15 is 0 Å². The molecule has 1 amide bonds. The smallest absolute Gasteiger partial charge is 0.340 e. The number of nitrogens with one attached hydrogen (secondary N) is 1. The van der Waals surface area contributed by atoms with E-state index in [0.29, 0.717) is 6.07 Å². The molecule has 0 saturated carbocycles. The van der Waals surface area contributed by atoms with E-state index in [0.717, 1.165) is 25.3 Å². The SMILES string of the molecule is COC(=O)c1cc(NC(=O)c2cc(F)c(Cl)cc2Cl)c(F)cc1F. The molecular formula is C15H8Cl2F3NO3. The van der Waals surface area contributed by atoms with Gasteiger partial charge in [0.25, 0.3) is 5.91 Å². The summed E-state index contributed by atoms with van der Waals surface area (Å²) in [5.41, 5.74) is -1.40. The Morgan fingerprint density at radius 1 is 0.917 bits per heavy atom. The van der Waals surface area contributed by atoms with Crippen molar-refractivity contribution in [3.05, 3.63) is 62.9 Å².